The van der Waals surface area contributed by atoms with Crippen molar-refractivity contribution < 1.29 is 52.5 Å². The van der Waals surface area contributed by atoms with E-state index in [1.165, 1.54) is 49.3 Å². The molecule has 0 aliphatic rings. The van der Waals surface area contributed by atoms with Crippen LogP contribution in [0.25, 0.3) is 33.4 Å². The van der Waals surface area contributed by atoms with Gasteiger partial charge in [0.2, 0.25) is 0 Å². The van der Waals surface area contributed by atoms with Crippen LogP contribution in [0, 0.1) is 0 Å². The smallest absolute Gasteiger partial charge is 0.281 e. The van der Waals surface area contributed by atoms with Crippen LogP contribution in [-0.4, -0.2) is 36.2 Å². The molecule has 0 amide bonds. The Labute approximate surface area is 306 Å². The fourth-order valence-corrected chi connectivity index (χ4v) is 7.96. The topological polar surface area (TPSA) is 54.4 Å². The summed E-state index contributed by atoms with van der Waals surface area (Å²) in [4.78, 5) is 0. The molecule has 0 atom stereocenters. The van der Waals surface area contributed by atoms with Crippen molar-refractivity contribution in [2.24, 2.45) is 0 Å². The van der Waals surface area contributed by atoms with Crippen molar-refractivity contribution in [2.45, 2.75) is 23.3 Å². The first-order valence-electron chi connectivity index (χ1n) is 15.8. The molecule has 14 heteroatoms. The van der Waals surface area contributed by atoms with Crippen LogP contribution in [0.5, 0.6) is 0 Å². The van der Waals surface area contributed by atoms with E-state index in [2.05, 4.69) is 164 Å². The average molecular weight is 791 g/mol. The lowest BCUT2D eigenvalue weighted by atomic mass is 10.1. The molecule has 0 fully saturated rings. The van der Waals surface area contributed by atoms with Gasteiger partial charge in [0.1, 0.15) is 0 Å². The van der Waals surface area contributed by atoms with Crippen LogP contribution in [0.1, 0.15) is 0 Å². The zero-order valence-corrected chi connectivity index (χ0v) is 29.3. The zero-order valence-electron chi connectivity index (χ0n) is 27.6. The van der Waals surface area contributed by atoms with E-state index in [1.54, 1.807) is 0 Å². The molecule has 280 valence electrons. The summed E-state index contributed by atoms with van der Waals surface area (Å²) in [6.45, 7) is 0. The third-order valence-electron chi connectivity index (χ3n) is 8.14. The largest absolute Gasteiger partial charge is 0.460 e. The highest BCUT2D eigenvalue weighted by Gasteiger charge is 2.85. The molecule has 6 aromatic rings. The molecule has 0 saturated heterocycles. The van der Waals surface area contributed by atoms with Crippen LogP contribution < -0.4 is 15.9 Å². The van der Waals surface area contributed by atoms with Crippen molar-refractivity contribution in [2.75, 3.05) is 0 Å². The van der Waals surface area contributed by atoms with E-state index in [-0.39, 0.29) is 0 Å². The van der Waals surface area contributed by atoms with Gasteiger partial charge in [-0.3, -0.25) is 4.55 Å². The molecule has 0 saturated carbocycles. The summed E-state index contributed by atoms with van der Waals surface area (Å²) in [7, 11) is -7.86. The van der Waals surface area contributed by atoms with Crippen LogP contribution in [0.2, 0.25) is 0 Å². The molecule has 0 aromatic heterocycles. The van der Waals surface area contributed by atoms with Crippen LogP contribution in [0.4, 0.5) is 39.5 Å². The Balaban J connectivity index is 0.000000281. The lowest BCUT2D eigenvalue weighted by Crippen LogP contribution is -2.63. The molecule has 3 nitrogen and oxygen atoms in total. The predicted octanol–water partition coefficient (Wildman–Crippen LogP) is 10.7. The Morgan fingerprint density at radius 3 is 0.833 bits per heavy atom. The maximum absolute atomic E-state index is 12.2. The van der Waals surface area contributed by atoms with Crippen LogP contribution in [0.15, 0.2) is 164 Å². The van der Waals surface area contributed by atoms with Gasteiger partial charge >= 0.3 is 33.4 Å². The van der Waals surface area contributed by atoms with Gasteiger partial charge in [-0.05, 0) is 57.2 Å². The van der Waals surface area contributed by atoms with E-state index < -0.39 is 41.3 Å². The van der Waals surface area contributed by atoms with Crippen molar-refractivity contribution in [1.82, 2.24) is 0 Å². The fraction of sp³-hybridized carbons (Fsp3) is 0.100. The molecule has 0 aliphatic heterocycles. The third-order valence-corrected chi connectivity index (χ3v) is 11.5. The van der Waals surface area contributed by atoms with Crippen LogP contribution >= 0.6 is 7.92 Å². The van der Waals surface area contributed by atoms with Crippen LogP contribution in [0.3, 0.4) is 0 Å². The molecule has 0 heterocycles. The minimum absolute atomic E-state index is 0.690. The van der Waals surface area contributed by atoms with Gasteiger partial charge < -0.3 is 0 Å². The van der Waals surface area contributed by atoms with E-state index >= 15 is 0 Å². The summed E-state index contributed by atoms with van der Waals surface area (Å²) in [6, 6.07) is 59.2. The first kappa shape index (κ1) is 40.2. The quantitative estimate of drug-likeness (QED) is 0.0902. The zero-order chi connectivity index (χ0) is 39.4. The summed E-state index contributed by atoms with van der Waals surface area (Å²) < 4.78 is 134. The molecular weight excluding hydrogens is 762 g/mol. The van der Waals surface area contributed by atoms with Crippen molar-refractivity contribution in [3.8, 4) is 33.4 Å². The highest BCUT2D eigenvalue weighted by Crippen LogP contribution is 2.54. The highest BCUT2D eigenvalue weighted by atomic mass is 32.2. The van der Waals surface area contributed by atoms with Gasteiger partial charge in [0.15, 0.2) is 0 Å². The second kappa shape index (κ2) is 15.8. The Bertz CT molecular complexity index is 2040. The molecule has 1 N–H and O–H groups in total. The summed E-state index contributed by atoms with van der Waals surface area (Å²) >= 11 is 0. The predicted molar refractivity (Wildman–Crippen MR) is 194 cm³/mol. The molecule has 54 heavy (non-hydrogen) atoms. The molecule has 0 radical (unpaired) electrons. The average Bonchev–Trinajstić information content (AvgIpc) is 3.16. The van der Waals surface area contributed by atoms with Crippen molar-refractivity contribution in [3.05, 3.63) is 164 Å². The maximum atomic E-state index is 12.2. The van der Waals surface area contributed by atoms with Gasteiger partial charge in [-0.15, -0.1) is 0 Å². The van der Waals surface area contributed by atoms with Gasteiger partial charge in [0, 0.05) is 0 Å². The van der Waals surface area contributed by atoms with Gasteiger partial charge in [0.05, 0.1) is 0 Å². The number of rotatable bonds is 9. The van der Waals surface area contributed by atoms with E-state index in [9.17, 15) is 47.9 Å². The highest BCUT2D eigenvalue weighted by molar-refractivity contribution is 7.87. The fourth-order valence-electron chi connectivity index (χ4n) is 5.27. The number of hydrogen-bond acceptors (Lipinski definition) is 2. The number of hydrogen-bond donors (Lipinski definition) is 1. The first-order valence-corrected chi connectivity index (χ1v) is 18.6. The summed E-state index contributed by atoms with van der Waals surface area (Å²) in [5.41, 5.74) is 7.49. The number of alkyl halides is 9. The lowest BCUT2D eigenvalue weighted by molar-refractivity contribution is -0.382. The summed E-state index contributed by atoms with van der Waals surface area (Å²) in [5.74, 6) is -14.7. The third kappa shape index (κ3) is 8.38. The van der Waals surface area contributed by atoms with Gasteiger partial charge in [0.25, 0.3) is 0 Å². The SMILES string of the molecule is O=S(=O)(O)C(F)(F)C(F)(F)C(F)(F)C(F)(F)F.c1ccc(-c2ccc(P(c3ccc(-c4ccccc4)cc3)c3ccc(-c4ccccc4)cc3)cc2)cc1. The summed E-state index contributed by atoms with van der Waals surface area (Å²) in [5, 5.41) is -2.93. The minimum atomic E-state index is -7.37. The van der Waals surface area contributed by atoms with E-state index in [0.29, 0.717) is 0 Å². The van der Waals surface area contributed by atoms with Gasteiger partial charge in [-0.2, -0.15) is 47.9 Å². The molecule has 6 aromatic carbocycles. The molecule has 0 aliphatic carbocycles. The van der Waals surface area contributed by atoms with E-state index in [1.807, 2.05) is 0 Å². The van der Waals surface area contributed by atoms with Crippen LogP contribution in [-0.2, 0) is 10.1 Å². The van der Waals surface area contributed by atoms with E-state index in [0.717, 1.165) is 0 Å². The lowest BCUT2D eigenvalue weighted by Gasteiger charge is -2.31. The maximum Gasteiger partial charge on any atom is 0.460 e. The Morgan fingerprint density at radius 2 is 0.611 bits per heavy atom. The Morgan fingerprint density at radius 1 is 0.370 bits per heavy atom. The van der Waals surface area contributed by atoms with Crippen molar-refractivity contribution >= 4 is 34.0 Å². The molecule has 0 spiro atoms. The minimum Gasteiger partial charge on any atom is -0.281 e. The van der Waals surface area contributed by atoms with E-state index in [4.69, 9.17) is 4.55 Å². The second-order valence-electron chi connectivity index (χ2n) is 11.7. The number of halogens is 9. The first-order chi connectivity index (χ1) is 25.3. The Kier molecular flexibility index (Phi) is 11.8. The second-order valence-corrected chi connectivity index (χ2v) is 15.4. The molecule has 6 rings (SSSR count). The summed E-state index contributed by atoms with van der Waals surface area (Å²) in [6.07, 6.45) is -7.13. The number of benzene rings is 6. The monoisotopic (exact) mass is 790 g/mol. The van der Waals surface area contributed by atoms with Crippen molar-refractivity contribution in [1.29, 1.82) is 0 Å². The standard InChI is InChI=1S/C36H27P.C4HF9O3S/c1-4-10-28(11-5-1)31-16-22-34(23-17-31)37(35-24-18-32(19-25-35)29-12-6-2-7-13-29)36-26-20-33(21-27-36)30-14-8-3-9-15-30;5-1(6,3(9,10)11)2(7,8)4(12,13)17(14,15)16/h1-27H;(H,14,15,16). The molecule has 0 bridgehead atoms. The van der Waals surface area contributed by atoms with Gasteiger partial charge in [-0.1, -0.05) is 164 Å². The molecule has 0 unspecified atom stereocenters. The Hall–Kier alpha value is -4.97. The molecular formula is C40H28F9O3PS. The van der Waals surface area contributed by atoms with Gasteiger partial charge in [-0.25, -0.2) is 0 Å². The normalized spacial score (nSPS) is 12.6. The van der Waals surface area contributed by atoms with Crippen molar-refractivity contribution in [3.63, 3.8) is 0 Å².